The van der Waals surface area contributed by atoms with Gasteiger partial charge in [0, 0.05) is 16.0 Å². The van der Waals surface area contributed by atoms with Gasteiger partial charge in [-0.05, 0) is 79.5 Å². The average molecular weight is 385 g/mol. The number of rotatable bonds is 5. The lowest BCUT2D eigenvalue weighted by molar-refractivity contribution is 0.252. The van der Waals surface area contributed by atoms with Crippen LogP contribution in [0.25, 0.3) is 0 Å². The molecule has 3 rings (SSSR count). The quantitative estimate of drug-likeness (QED) is 0.380. The highest BCUT2D eigenvalue weighted by Crippen LogP contribution is 2.37. The zero-order chi connectivity index (χ0) is 19.1. The molecule has 0 N–H and O–H groups in total. The van der Waals surface area contributed by atoms with E-state index in [4.69, 9.17) is 0 Å². The third-order valence-corrected chi connectivity index (χ3v) is 6.08. The Morgan fingerprint density at radius 1 is 0.889 bits per heavy atom. The van der Waals surface area contributed by atoms with Gasteiger partial charge in [0.1, 0.15) is 0 Å². The van der Waals surface area contributed by atoms with Crippen LogP contribution in [0.5, 0.6) is 0 Å². The minimum absolute atomic E-state index is 0.558. The van der Waals surface area contributed by atoms with Crippen molar-refractivity contribution in [1.82, 2.24) is 0 Å². The van der Waals surface area contributed by atoms with E-state index in [1.165, 1.54) is 44.1 Å². The molecule has 0 spiro atoms. The molecule has 0 aromatic heterocycles. The summed E-state index contributed by atoms with van der Waals surface area (Å²) in [4.78, 5) is 0.563. The topological polar surface area (TPSA) is 0 Å². The van der Waals surface area contributed by atoms with Crippen molar-refractivity contribution in [1.29, 1.82) is 0 Å². The Morgan fingerprint density at radius 2 is 1.44 bits per heavy atom. The van der Waals surface area contributed by atoms with Crippen LogP contribution < -0.4 is 0 Å². The molecule has 0 saturated heterocycles. The summed E-state index contributed by atoms with van der Waals surface area (Å²) in [7, 11) is 0. The maximum Gasteiger partial charge on any atom is 0.288 e. The molecule has 142 valence electrons. The van der Waals surface area contributed by atoms with Crippen molar-refractivity contribution < 1.29 is 8.78 Å². The highest BCUT2D eigenvalue weighted by molar-refractivity contribution is 7.99. The SMILES string of the molecule is CCCC1CCC(c2ccc(C#Cc3ccc(SC(F)F)cc3)cc2)CC1. The summed E-state index contributed by atoms with van der Waals surface area (Å²) in [6.07, 6.45) is 8.01. The molecule has 1 aliphatic carbocycles. The van der Waals surface area contributed by atoms with Gasteiger partial charge in [0.05, 0.1) is 0 Å². The second kappa shape index (κ2) is 9.95. The fourth-order valence-corrected chi connectivity index (χ4v) is 4.39. The summed E-state index contributed by atoms with van der Waals surface area (Å²) in [5, 5.41) is 0. The fraction of sp³-hybridized carbons (Fsp3) is 0.417. The van der Waals surface area contributed by atoms with Crippen LogP contribution in [0.1, 0.15) is 68.1 Å². The van der Waals surface area contributed by atoms with Crippen LogP contribution in [0, 0.1) is 17.8 Å². The number of hydrogen-bond acceptors (Lipinski definition) is 1. The van der Waals surface area contributed by atoms with E-state index in [1.807, 2.05) is 0 Å². The van der Waals surface area contributed by atoms with Crippen LogP contribution in [0.2, 0.25) is 0 Å². The zero-order valence-electron chi connectivity index (χ0n) is 15.8. The highest BCUT2D eigenvalue weighted by Gasteiger charge is 2.21. The summed E-state index contributed by atoms with van der Waals surface area (Å²) >= 11 is 0.558. The van der Waals surface area contributed by atoms with E-state index in [9.17, 15) is 8.78 Å². The van der Waals surface area contributed by atoms with Crippen molar-refractivity contribution in [2.45, 2.75) is 62.0 Å². The average Bonchev–Trinajstić information content (AvgIpc) is 2.68. The molecule has 0 aliphatic heterocycles. The largest absolute Gasteiger partial charge is 0.288 e. The van der Waals surface area contributed by atoms with E-state index in [0.717, 1.165) is 17.0 Å². The maximum absolute atomic E-state index is 12.3. The van der Waals surface area contributed by atoms with E-state index in [0.29, 0.717) is 22.6 Å². The smallest absolute Gasteiger partial charge is 0.198 e. The molecular formula is C24H26F2S. The summed E-state index contributed by atoms with van der Waals surface area (Å²) in [5.41, 5.74) is 3.26. The van der Waals surface area contributed by atoms with Gasteiger partial charge in [-0.15, -0.1) is 0 Å². The van der Waals surface area contributed by atoms with Crippen molar-refractivity contribution in [3.05, 3.63) is 65.2 Å². The Balaban J connectivity index is 1.58. The minimum atomic E-state index is -2.39. The van der Waals surface area contributed by atoms with Gasteiger partial charge in [0.2, 0.25) is 0 Å². The predicted octanol–water partition coefficient (Wildman–Crippen LogP) is 7.48. The molecule has 1 aliphatic rings. The lowest BCUT2D eigenvalue weighted by Gasteiger charge is -2.28. The standard InChI is InChI=1S/C24H26F2S/c1-2-3-18-6-12-21(13-7-18)22-14-8-19(9-15-22)4-5-20-10-16-23(17-11-20)27-24(25)26/h8-11,14-18,21,24H,2-3,6-7,12-13H2,1H3. The van der Waals surface area contributed by atoms with Crippen LogP contribution in [0.15, 0.2) is 53.4 Å². The van der Waals surface area contributed by atoms with Crippen LogP contribution >= 0.6 is 11.8 Å². The van der Waals surface area contributed by atoms with Gasteiger partial charge in [-0.25, -0.2) is 0 Å². The number of alkyl halides is 2. The Bertz CT molecular complexity index is 761. The number of hydrogen-bond donors (Lipinski definition) is 0. The van der Waals surface area contributed by atoms with Gasteiger partial charge >= 0.3 is 0 Å². The molecule has 1 saturated carbocycles. The second-order valence-electron chi connectivity index (χ2n) is 7.28. The molecule has 0 amide bonds. The minimum Gasteiger partial charge on any atom is -0.198 e. The predicted molar refractivity (Wildman–Crippen MR) is 110 cm³/mol. The van der Waals surface area contributed by atoms with Gasteiger partial charge in [-0.1, -0.05) is 55.5 Å². The van der Waals surface area contributed by atoms with E-state index >= 15 is 0 Å². The van der Waals surface area contributed by atoms with Crippen molar-refractivity contribution in [3.63, 3.8) is 0 Å². The molecule has 27 heavy (non-hydrogen) atoms. The van der Waals surface area contributed by atoms with Gasteiger partial charge in [-0.2, -0.15) is 8.78 Å². The third kappa shape index (κ3) is 6.11. The maximum atomic E-state index is 12.3. The molecule has 0 atom stereocenters. The Labute approximate surface area is 165 Å². The Morgan fingerprint density at radius 3 is 1.96 bits per heavy atom. The van der Waals surface area contributed by atoms with Gasteiger partial charge in [-0.3, -0.25) is 0 Å². The van der Waals surface area contributed by atoms with Crippen LogP contribution in [0.3, 0.4) is 0 Å². The van der Waals surface area contributed by atoms with E-state index in [-0.39, 0.29) is 0 Å². The highest BCUT2D eigenvalue weighted by atomic mass is 32.2. The monoisotopic (exact) mass is 384 g/mol. The zero-order valence-corrected chi connectivity index (χ0v) is 16.6. The summed E-state index contributed by atoms with van der Waals surface area (Å²) < 4.78 is 24.7. The molecule has 1 fully saturated rings. The normalized spacial score (nSPS) is 19.6. The summed E-state index contributed by atoms with van der Waals surface area (Å²) in [6.45, 7) is 2.28. The molecular weight excluding hydrogens is 358 g/mol. The lowest BCUT2D eigenvalue weighted by atomic mass is 9.77. The van der Waals surface area contributed by atoms with E-state index in [2.05, 4.69) is 43.0 Å². The molecule has 3 heteroatoms. The first-order valence-electron chi connectivity index (χ1n) is 9.81. The molecule has 0 nitrogen and oxygen atoms in total. The number of benzene rings is 2. The van der Waals surface area contributed by atoms with Gasteiger partial charge < -0.3 is 0 Å². The van der Waals surface area contributed by atoms with Crippen LogP contribution in [-0.4, -0.2) is 5.76 Å². The number of thioether (sulfide) groups is 1. The molecule has 2 aromatic carbocycles. The van der Waals surface area contributed by atoms with Crippen LogP contribution in [-0.2, 0) is 0 Å². The molecule has 0 bridgehead atoms. The second-order valence-corrected chi connectivity index (χ2v) is 8.34. The Kier molecular flexibility index (Phi) is 7.35. The van der Waals surface area contributed by atoms with Crippen LogP contribution in [0.4, 0.5) is 8.78 Å². The van der Waals surface area contributed by atoms with Crippen molar-refractivity contribution in [2.24, 2.45) is 5.92 Å². The molecule has 0 radical (unpaired) electrons. The first kappa shape index (κ1) is 20.0. The van der Waals surface area contributed by atoms with Gasteiger partial charge in [0.25, 0.3) is 5.76 Å². The third-order valence-electron chi connectivity index (χ3n) is 5.36. The number of halogens is 2. The van der Waals surface area contributed by atoms with Gasteiger partial charge in [0.15, 0.2) is 0 Å². The molecule has 2 aromatic rings. The fourth-order valence-electron chi connectivity index (χ4n) is 3.90. The van der Waals surface area contributed by atoms with Crippen molar-refractivity contribution >= 4 is 11.8 Å². The summed E-state index contributed by atoms with van der Waals surface area (Å²) in [5.74, 6) is 5.52. The Hall–Kier alpha value is -1.79. The lowest BCUT2D eigenvalue weighted by Crippen LogP contribution is -2.13. The van der Waals surface area contributed by atoms with E-state index < -0.39 is 5.76 Å². The first-order chi connectivity index (χ1) is 13.1. The molecule has 0 unspecified atom stereocenters. The molecule has 0 heterocycles. The summed E-state index contributed by atoms with van der Waals surface area (Å²) in [6, 6.07) is 15.6. The van der Waals surface area contributed by atoms with Crippen molar-refractivity contribution in [3.8, 4) is 11.8 Å². The first-order valence-corrected chi connectivity index (χ1v) is 10.7. The van der Waals surface area contributed by atoms with E-state index in [1.54, 1.807) is 24.3 Å². The van der Waals surface area contributed by atoms with Crippen molar-refractivity contribution in [2.75, 3.05) is 0 Å².